The van der Waals surface area contributed by atoms with Crippen molar-refractivity contribution in [2.24, 2.45) is 0 Å². The highest BCUT2D eigenvalue weighted by molar-refractivity contribution is 7.80. The summed E-state index contributed by atoms with van der Waals surface area (Å²) in [5.74, 6) is -2.47. The van der Waals surface area contributed by atoms with Crippen molar-refractivity contribution in [1.29, 1.82) is 0 Å². The largest absolute Gasteiger partial charge is 0.332 e. The van der Waals surface area contributed by atoms with Crippen LogP contribution in [0.2, 0.25) is 5.02 Å². The van der Waals surface area contributed by atoms with Gasteiger partial charge >= 0.3 is 0 Å². The zero-order valence-electron chi connectivity index (χ0n) is 9.88. The number of rotatable bonds is 2. The molecule has 0 heterocycles. The first-order valence-corrected chi connectivity index (χ1v) is 6.22. The molecule has 0 amide bonds. The zero-order valence-corrected chi connectivity index (χ0v) is 11.5. The number of anilines is 2. The molecule has 104 valence electrons. The van der Waals surface area contributed by atoms with Crippen LogP contribution in [0, 0.1) is 17.5 Å². The third-order valence-electron chi connectivity index (χ3n) is 2.35. The monoisotopic (exact) mass is 316 g/mol. The SMILES string of the molecule is Fc1ccc(NC(=S)Nc2ccc(F)c(Cl)c2)cc1F. The third-order valence-corrected chi connectivity index (χ3v) is 2.85. The number of benzene rings is 2. The second-order valence-electron chi connectivity index (χ2n) is 3.84. The summed E-state index contributed by atoms with van der Waals surface area (Å²) >= 11 is 10.6. The van der Waals surface area contributed by atoms with E-state index in [0.717, 1.165) is 12.1 Å². The fourth-order valence-corrected chi connectivity index (χ4v) is 1.86. The highest BCUT2D eigenvalue weighted by Gasteiger charge is 2.05. The Morgan fingerprint density at radius 2 is 1.40 bits per heavy atom. The third kappa shape index (κ3) is 3.61. The van der Waals surface area contributed by atoms with Crippen LogP contribution in [0.3, 0.4) is 0 Å². The maximum atomic E-state index is 13.0. The minimum atomic E-state index is -0.984. The summed E-state index contributed by atoms with van der Waals surface area (Å²) in [6.07, 6.45) is 0. The van der Waals surface area contributed by atoms with Crippen molar-refractivity contribution in [1.82, 2.24) is 0 Å². The van der Waals surface area contributed by atoms with Crippen molar-refractivity contribution in [3.05, 3.63) is 58.9 Å². The smallest absolute Gasteiger partial charge is 0.175 e. The molecule has 0 aliphatic rings. The van der Waals surface area contributed by atoms with Gasteiger partial charge in [-0.05, 0) is 42.5 Å². The lowest BCUT2D eigenvalue weighted by Crippen LogP contribution is -2.19. The van der Waals surface area contributed by atoms with E-state index in [1.807, 2.05) is 0 Å². The predicted octanol–water partition coefficient (Wildman–Crippen LogP) is 4.57. The molecule has 0 spiro atoms. The van der Waals surface area contributed by atoms with Gasteiger partial charge in [-0.2, -0.15) is 0 Å². The van der Waals surface area contributed by atoms with E-state index < -0.39 is 17.5 Å². The van der Waals surface area contributed by atoms with Crippen molar-refractivity contribution in [3.8, 4) is 0 Å². The van der Waals surface area contributed by atoms with Gasteiger partial charge in [0.2, 0.25) is 0 Å². The van der Waals surface area contributed by atoms with E-state index in [0.29, 0.717) is 5.69 Å². The summed E-state index contributed by atoms with van der Waals surface area (Å²) in [6, 6.07) is 7.28. The molecule has 2 nitrogen and oxygen atoms in total. The summed E-state index contributed by atoms with van der Waals surface area (Å²) in [4.78, 5) is 0. The van der Waals surface area contributed by atoms with E-state index >= 15 is 0 Å². The number of thiocarbonyl (C=S) groups is 1. The van der Waals surface area contributed by atoms with Crippen LogP contribution in [-0.4, -0.2) is 5.11 Å². The van der Waals surface area contributed by atoms with Gasteiger partial charge in [-0.25, -0.2) is 13.2 Å². The molecular weight excluding hydrogens is 309 g/mol. The lowest BCUT2D eigenvalue weighted by Gasteiger charge is -2.11. The molecule has 0 radical (unpaired) electrons. The molecule has 0 fully saturated rings. The average Bonchev–Trinajstić information content (AvgIpc) is 2.38. The molecular formula is C13H8ClF3N2S. The standard InChI is InChI=1S/C13H8ClF3N2S/c14-9-5-7(1-3-10(9)15)18-13(20)19-8-2-4-11(16)12(17)6-8/h1-6H,(H2,18,19,20). The molecule has 2 aromatic rings. The van der Waals surface area contributed by atoms with E-state index in [1.165, 1.54) is 24.3 Å². The molecule has 0 atom stereocenters. The van der Waals surface area contributed by atoms with Gasteiger partial charge in [0.05, 0.1) is 5.02 Å². The van der Waals surface area contributed by atoms with Gasteiger partial charge in [-0.3, -0.25) is 0 Å². The number of hydrogen-bond donors (Lipinski definition) is 2. The molecule has 7 heteroatoms. The summed E-state index contributed by atoms with van der Waals surface area (Å²) in [5.41, 5.74) is 0.756. The van der Waals surface area contributed by atoms with Crippen LogP contribution >= 0.6 is 23.8 Å². The van der Waals surface area contributed by atoms with Gasteiger partial charge < -0.3 is 10.6 Å². The van der Waals surface area contributed by atoms with Crippen molar-refractivity contribution in [2.45, 2.75) is 0 Å². The Hall–Kier alpha value is -1.79. The summed E-state index contributed by atoms with van der Waals surface area (Å²) in [5, 5.41) is 5.50. The van der Waals surface area contributed by atoms with Crippen LogP contribution < -0.4 is 10.6 Å². The lowest BCUT2D eigenvalue weighted by molar-refractivity contribution is 0.509. The number of nitrogens with one attached hydrogen (secondary N) is 2. The van der Waals surface area contributed by atoms with Gasteiger partial charge in [-0.15, -0.1) is 0 Å². The Morgan fingerprint density at radius 1 is 0.850 bits per heavy atom. The first kappa shape index (κ1) is 14.6. The number of halogens is 4. The molecule has 0 aliphatic carbocycles. The van der Waals surface area contributed by atoms with Crippen molar-refractivity contribution >= 4 is 40.3 Å². The fourth-order valence-electron chi connectivity index (χ4n) is 1.44. The molecule has 0 aliphatic heterocycles. The minimum Gasteiger partial charge on any atom is -0.332 e. The first-order valence-electron chi connectivity index (χ1n) is 5.44. The van der Waals surface area contributed by atoms with Gasteiger partial charge in [0.1, 0.15) is 5.82 Å². The molecule has 0 unspecified atom stereocenters. The van der Waals surface area contributed by atoms with Crippen molar-refractivity contribution < 1.29 is 13.2 Å². The van der Waals surface area contributed by atoms with Gasteiger partial charge in [0.15, 0.2) is 16.7 Å². The quantitative estimate of drug-likeness (QED) is 0.794. The van der Waals surface area contributed by atoms with Crippen LogP contribution in [0.15, 0.2) is 36.4 Å². The molecule has 20 heavy (non-hydrogen) atoms. The molecule has 0 bridgehead atoms. The Morgan fingerprint density at radius 3 is 1.95 bits per heavy atom. The van der Waals surface area contributed by atoms with Crippen LogP contribution in [0.4, 0.5) is 24.5 Å². The Labute approximate surface area is 123 Å². The highest BCUT2D eigenvalue weighted by atomic mass is 35.5. The van der Waals surface area contributed by atoms with E-state index in [4.69, 9.17) is 23.8 Å². The van der Waals surface area contributed by atoms with Gasteiger partial charge in [-0.1, -0.05) is 11.6 Å². The second kappa shape index (κ2) is 6.11. The molecule has 2 aromatic carbocycles. The number of hydrogen-bond acceptors (Lipinski definition) is 1. The van der Waals surface area contributed by atoms with Crippen LogP contribution in [-0.2, 0) is 0 Å². The van der Waals surface area contributed by atoms with Crippen LogP contribution in [0.5, 0.6) is 0 Å². The van der Waals surface area contributed by atoms with E-state index in [1.54, 1.807) is 0 Å². The van der Waals surface area contributed by atoms with E-state index in [2.05, 4.69) is 10.6 Å². The summed E-state index contributed by atoms with van der Waals surface area (Å²) < 4.78 is 38.8. The van der Waals surface area contributed by atoms with Gasteiger partial charge in [0, 0.05) is 17.4 Å². The van der Waals surface area contributed by atoms with E-state index in [-0.39, 0.29) is 15.8 Å². The minimum absolute atomic E-state index is 0.0503. The summed E-state index contributed by atoms with van der Waals surface area (Å²) in [7, 11) is 0. The van der Waals surface area contributed by atoms with Crippen molar-refractivity contribution in [2.75, 3.05) is 10.6 Å². The average molecular weight is 317 g/mol. The Bertz CT molecular complexity index is 609. The maximum absolute atomic E-state index is 13.0. The first-order chi connectivity index (χ1) is 9.45. The normalized spacial score (nSPS) is 10.2. The zero-order chi connectivity index (χ0) is 14.7. The molecule has 0 saturated heterocycles. The van der Waals surface area contributed by atoms with E-state index in [9.17, 15) is 13.2 Å². The topological polar surface area (TPSA) is 24.1 Å². The lowest BCUT2D eigenvalue weighted by atomic mass is 10.3. The Kier molecular flexibility index (Phi) is 4.46. The molecule has 2 rings (SSSR count). The molecule has 0 aromatic heterocycles. The second-order valence-corrected chi connectivity index (χ2v) is 4.65. The summed E-state index contributed by atoms with van der Waals surface area (Å²) in [6.45, 7) is 0. The fraction of sp³-hybridized carbons (Fsp3) is 0. The molecule has 2 N–H and O–H groups in total. The Balaban J connectivity index is 2.04. The van der Waals surface area contributed by atoms with Crippen LogP contribution in [0.1, 0.15) is 0 Å². The van der Waals surface area contributed by atoms with Crippen LogP contribution in [0.25, 0.3) is 0 Å². The predicted molar refractivity (Wildman–Crippen MR) is 77.6 cm³/mol. The molecule has 0 saturated carbocycles. The highest BCUT2D eigenvalue weighted by Crippen LogP contribution is 2.20. The maximum Gasteiger partial charge on any atom is 0.175 e. The van der Waals surface area contributed by atoms with Crippen molar-refractivity contribution in [3.63, 3.8) is 0 Å². The van der Waals surface area contributed by atoms with Gasteiger partial charge in [0.25, 0.3) is 0 Å².